The second-order valence-corrected chi connectivity index (χ2v) is 4.71. The van der Waals surface area contributed by atoms with E-state index in [4.69, 9.17) is 0 Å². The lowest BCUT2D eigenvalue weighted by Crippen LogP contribution is -2.19. The van der Waals surface area contributed by atoms with Crippen molar-refractivity contribution in [3.05, 3.63) is 60.0 Å². The monoisotopic (exact) mass is 284 g/mol. The van der Waals surface area contributed by atoms with Crippen LogP contribution in [0.3, 0.4) is 0 Å². The Morgan fingerprint density at radius 1 is 1.24 bits per heavy atom. The number of nitrogens with one attached hydrogen (secondary N) is 1. The van der Waals surface area contributed by atoms with Crippen LogP contribution in [0.1, 0.15) is 18.4 Å². The van der Waals surface area contributed by atoms with Gasteiger partial charge in [0, 0.05) is 0 Å². The molecule has 0 aliphatic carbocycles. The van der Waals surface area contributed by atoms with Crippen molar-refractivity contribution >= 4 is 17.5 Å². The average molecular weight is 284 g/mol. The van der Waals surface area contributed by atoms with Crippen molar-refractivity contribution in [2.24, 2.45) is 0 Å². The molecule has 1 amide bonds. The number of pyridine rings is 1. The van der Waals surface area contributed by atoms with Crippen LogP contribution >= 0.6 is 0 Å². The molecule has 0 radical (unpaired) electrons. The fourth-order valence-electron chi connectivity index (χ4n) is 2.02. The maximum atomic E-state index is 13.1. The highest BCUT2D eigenvalue weighted by atomic mass is 19.1. The van der Waals surface area contributed by atoms with E-state index in [0.29, 0.717) is 5.65 Å². The van der Waals surface area contributed by atoms with Crippen LogP contribution in [0.5, 0.6) is 0 Å². The number of halogens is 1. The van der Waals surface area contributed by atoms with E-state index < -0.39 is 5.82 Å². The summed E-state index contributed by atoms with van der Waals surface area (Å²) >= 11 is 0. The summed E-state index contributed by atoms with van der Waals surface area (Å²) in [5, 5.41) is 6.67. The van der Waals surface area contributed by atoms with Gasteiger partial charge < -0.3 is 0 Å². The number of rotatable bonds is 3. The van der Waals surface area contributed by atoms with E-state index in [-0.39, 0.29) is 17.8 Å². The first-order valence-electron chi connectivity index (χ1n) is 6.51. The van der Waals surface area contributed by atoms with Gasteiger partial charge in [0.2, 0.25) is 11.9 Å². The second kappa shape index (κ2) is 5.32. The molecular weight excluding hydrogens is 271 g/mol. The first-order chi connectivity index (χ1) is 10.1. The van der Waals surface area contributed by atoms with Gasteiger partial charge in [-0.25, -0.2) is 8.91 Å². The maximum Gasteiger partial charge on any atom is 0.249 e. The van der Waals surface area contributed by atoms with Gasteiger partial charge in [-0.05, 0) is 24.6 Å². The Morgan fingerprint density at radius 2 is 2.00 bits per heavy atom. The van der Waals surface area contributed by atoms with Crippen LogP contribution in [0, 0.1) is 5.82 Å². The van der Waals surface area contributed by atoms with E-state index >= 15 is 0 Å². The van der Waals surface area contributed by atoms with Crippen LogP contribution in [0.2, 0.25) is 0 Å². The molecule has 6 heteroatoms. The highest BCUT2D eigenvalue weighted by Gasteiger charge is 2.17. The van der Waals surface area contributed by atoms with E-state index in [0.717, 1.165) is 5.56 Å². The van der Waals surface area contributed by atoms with Crippen LogP contribution in [-0.2, 0) is 4.79 Å². The van der Waals surface area contributed by atoms with Crippen LogP contribution < -0.4 is 5.32 Å². The number of benzene rings is 1. The molecule has 5 nitrogen and oxygen atoms in total. The molecule has 0 saturated carbocycles. The van der Waals surface area contributed by atoms with Gasteiger partial charge in [0.1, 0.15) is 5.82 Å². The molecule has 1 unspecified atom stereocenters. The summed E-state index contributed by atoms with van der Waals surface area (Å²) in [5.74, 6) is -0.788. The summed E-state index contributed by atoms with van der Waals surface area (Å²) in [5.41, 5.74) is 1.38. The summed E-state index contributed by atoms with van der Waals surface area (Å²) < 4.78 is 14.4. The summed E-state index contributed by atoms with van der Waals surface area (Å²) in [7, 11) is 0. The van der Waals surface area contributed by atoms with Crippen LogP contribution in [0.4, 0.5) is 10.3 Å². The topological polar surface area (TPSA) is 59.3 Å². The number of fused-ring (bicyclic) bond motifs is 1. The van der Waals surface area contributed by atoms with Crippen LogP contribution in [0.15, 0.2) is 48.7 Å². The molecule has 2 heterocycles. The van der Waals surface area contributed by atoms with Gasteiger partial charge >= 0.3 is 0 Å². The summed E-state index contributed by atoms with van der Waals surface area (Å²) in [6.07, 6.45) is 1.21. The zero-order chi connectivity index (χ0) is 14.8. The maximum absolute atomic E-state index is 13.1. The summed E-state index contributed by atoms with van der Waals surface area (Å²) in [6, 6.07) is 12.2. The minimum Gasteiger partial charge on any atom is -0.293 e. The molecule has 2 aromatic heterocycles. The summed E-state index contributed by atoms with van der Waals surface area (Å²) in [4.78, 5) is 16.3. The molecule has 21 heavy (non-hydrogen) atoms. The third-order valence-electron chi connectivity index (χ3n) is 3.22. The number of anilines is 1. The normalized spacial score (nSPS) is 12.3. The molecule has 3 aromatic rings. The van der Waals surface area contributed by atoms with Crippen molar-refractivity contribution in [3.8, 4) is 0 Å². The van der Waals surface area contributed by atoms with E-state index in [2.05, 4.69) is 15.4 Å². The number of carbonyl (C=O) groups excluding carboxylic acids is 1. The Labute approximate surface area is 120 Å². The number of carbonyl (C=O) groups is 1. The van der Waals surface area contributed by atoms with Gasteiger partial charge in [0.05, 0.1) is 12.1 Å². The molecule has 1 aromatic carbocycles. The Balaban J connectivity index is 1.80. The van der Waals surface area contributed by atoms with Crippen LogP contribution in [0.25, 0.3) is 5.65 Å². The van der Waals surface area contributed by atoms with Gasteiger partial charge in [-0.1, -0.05) is 30.3 Å². The molecule has 0 spiro atoms. The zero-order valence-electron chi connectivity index (χ0n) is 11.3. The Bertz CT molecular complexity index is 785. The second-order valence-electron chi connectivity index (χ2n) is 4.71. The van der Waals surface area contributed by atoms with E-state index in [1.165, 1.54) is 22.8 Å². The smallest absolute Gasteiger partial charge is 0.249 e. The van der Waals surface area contributed by atoms with Crippen LogP contribution in [-0.4, -0.2) is 20.5 Å². The van der Waals surface area contributed by atoms with E-state index in [1.54, 1.807) is 6.92 Å². The van der Waals surface area contributed by atoms with Gasteiger partial charge in [-0.2, -0.15) is 4.98 Å². The predicted octanol–water partition coefficient (Wildman–Crippen LogP) is 2.61. The molecule has 1 atom stereocenters. The largest absolute Gasteiger partial charge is 0.293 e. The average Bonchev–Trinajstić information content (AvgIpc) is 2.88. The first kappa shape index (κ1) is 13.2. The highest BCUT2D eigenvalue weighted by Crippen LogP contribution is 2.16. The van der Waals surface area contributed by atoms with E-state index in [1.807, 2.05) is 30.3 Å². The minimum atomic E-state index is -0.414. The Morgan fingerprint density at radius 3 is 2.76 bits per heavy atom. The van der Waals surface area contributed by atoms with Crippen molar-refractivity contribution < 1.29 is 9.18 Å². The quantitative estimate of drug-likeness (QED) is 0.804. The number of amides is 1. The first-order valence-corrected chi connectivity index (χ1v) is 6.51. The minimum absolute atomic E-state index is 0.161. The fourth-order valence-corrected chi connectivity index (χ4v) is 2.02. The Kier molecular flexibility index (Phi) is 3.35. The van der Waals surface area contributed by atoms with Gasteiger partial charge in [-0.15, -0.1) is 5.10 Å². The van der Waals surface area contributed by atoms with Gasteiger partial charge in [0.25, 0.3) is 0 Å². The predicted molar refractivity (Wildman–Crippen MR) is 76.4 cm³/mol. The molecule has 0 fully saturated rings. The number of aromatic nitrogens is 3. The standard InChI is InChI=1S/C15H13FN4O/c1-10(11-5-3-2-4-6-11)14(21)18-15-17-13-8-7-12(16)9-20(13)19-15/h2-10H,1H3,(H,18,19,21). The zero-order valence-corrected chi connectivity index (χ0v) is 11.3. The third kappa shape index (κ3) is 2.74. The molecule has 0 aliphatic heterocycles. The molecule has 0 bridgehead atoms. The summed E-state index contributed by atoms with van der Waals surface area (Å²) in [6.45, 7) is 1.81. The number of nitrogens with zero attached hydrogens (tertiary/aromatic N) is 3. The SMILES string of the molecule is CC(C(=O)Nc1nc2ccc(F)cn2n1)c1ccccc1. The van der Waals surface area contributed by atoms with Gasteiger partial charge in [0.15, 0.2) is 5.65 Å². The van der Waals surface area contributed by atoms with Crippen molar-refractivity contribution in [2.45, 2.75) is 12.8 Å². The fraction of sp³-hybridized carbons (Fsp3) is 0.133. The molecule has 0 saturated heterocycles. The Hall–Kier alpha value is -2.76. The number of hydrogen-bond acceptors (Lipinski definition) is 3. The lowest BCUT2D eigenvalue weighted by Gasteiger charge is -2.10. The van der Waals surface area contributed by atoms with Crippen molar-refractivity contribution in [1.82, 2.24) is 14.6 Å². The molecular formula is C15H13FN4O. The van der Waals surface area contributed by atoms with Crippen molar-refractivity contribution in [1.29, 1.82) is 0 Å². The molecule has 3 rings (SSSR count). The lowest BCUT2D eigenvalue weighted by atomic mass is 10.0. The van der Waals surface area contributed by atoms with Crippen molar-refractivity contribution in [2.75, 3.05) is 5.32 Å². The third-order valence-corrected chi connectivity index (χ3v) is 3.22. The lowest BCUT2D eigenvalue weighted by molar-refractivity contribution is -0.117. The van der Waals surface area contributed by atoms with E-state index in [9.17, 15) is 9.18 Å². The van der Waals surface area contributed by atoms with Crippen molar-refractivity contribution in [3.63, 3.8) is 0 Å². The molecule has 0 aliphatic rings. The van der Waals surface area contributed by atoms with Gasteiger partial charge in [-0.3, -0.25) is 10.1 Å². The number of hydrogen-bond donors (Lipinski definition) is 1. The highest BCUT2D eigenvalue weighted by molar-refractivity contribution is 5.94. The molecule has 1 N–H and O–H groups in total. The molecule has 106 valence electrons.